The monoisotopic (exact) mass is 424 g/mol. The number of amides is 2. The van der Waals surface area contributed by atoms with Crippen molar-refractivity contribution >= 4 is 27.7 Å². The van der Waals surface area contributed by atoms with Crippen molar-refractivity contribution in [2.24, 2.45) is 0 Å². The minimum Gasteiger partial charge on any atom is -0.496 e. The van der Waals surface area contributed by atoms with E-state index in [4.69, 9.17) is 4.74 Å². The van der Waals surface area contributed by atoms with Crippen LogP contribution in [-0.4, -0.2) is 18.9 Å². The van der Waals surface area contributed by atoms with E-state index in [1.54, 1.807) is 30.3 Å². The van der Waals surface area contributed by atoms with E-state index in [-0.39, 0.29) is 0 Å². The number of hydrogen-bond donors (Lipinski definition) is 2. The molecule has 0 saturated carbocycles. The highest BCUT2D eigenvalue weighted by Crippen LogP contribution is 2.23. The summed E-state index contributed by atoms with van der Waals surface area (Å²) in [4.78, 5) is 24.6. The molecule has 0 aliphatic carbocycles. The van der Waals surface area contributed by atoms with Crippen molar-refractivity contribution in [2.75, 3.05) is 7.11 Å². The Balaban J connectivity index is 1.66. The first kappa shape index (κ1) is 18.7. The fraction of sp³-hybridized carbons (Fsp3) is 0.0476. The molecule has 0 saturated heterocycles. The summed E-state index contributed by atoms with van der Waals surface area (Å²) >= 11 is 3.31. The van der Waals surface area contributed by atoms with Crippen molar-refractivity contribution < 1.29 is 14.3 Å². The van der Waals surface area contributed by atoms with E-state index in [1.165, 1.54) is 7.11 Å². The van der Waals surface area contributed by atoms with Gasteiger partial charge < -0.3 is 4.74 Å². The van der Waals surface area contributed by atoms with Crippen LogP contribution in [0.2, 0.25) is 0 Å². The van der Waals surface area contributed by atoms with Gasteiger partial charge in [-0.1, -0.05) is 58.4 Å². The van der Waals surface area contributed by atoms with Gasteiger partial charge in [0.25, 0.3) is 11.8 Å². The molecule has 6 heteroatoms. The zero-order valence-electron chi connectivity index (χ0n) is 14.5. The minimum atomic E-state index is -0.470. The van der Waals surface area contributed by atoms with Gasteiger partial charge in [-0.25, -0.2) is 0 Å². The second-order valence-electron chi connectivity index (χ2n) is 5.70. The molecule has 27 heavy (non-hydrogen) atoms. The average molecular weight is 425 g/mol. The van der Waals surface area contributed by atoms with Gasteiger partial charge >= 0.3 is 0 Å². The first-order chi connectivity index (χ1) is 13.1. The number of methoxy groups -OCH3 is 1. The standard InChI is InChI=1S/C21H17BrN2O3/c1-27-19-12-11-17(22)13-18(19)21(26)24-23-20(25)16-9-7-15(8-10-16)14-5-3-2-4-6-14/h2-13H,1H3,(H,23,25)(H,24,26). The van der Waals surface area contributed by atoms with Crippen molar-refractivity contribution in [2.45, 2.75) is 0 Å². The quantitative estimate of drug-likeness (QED) is 0.616. The Labute approximate surface area is 165 Å². The summed E-state index contributed by atoms with van der Waals surface area (Å²) in [6, 6.07) is 22.1. The van der Waals surface area contributed by atoms with Crippen LogP contribution in [0.3, 0.4) is 0 Å². The van der Waals surface area contributed by atoms with Crippen LogP contribution < -0.4 is 15.6 Å². The van der Waals surface area contributed by atoms with Gasteiger partial charge in [-0.3, -0.25) is 20.4 Å². The number of hydrogen-bond acceptors (Lipinski definition) is 3. The van der Waals surface area contributed by atoms with E-state index in [1.807, 2.05) is 42.5 Å². The predicted molar refractivity (Wildman–Crippen MR) is 108 cm³/mol. The molecule has 0 aromatic heterocycles. The van der Waals surface area contributed by atoms with Crippen molar-refractivity contribution in [1.82, 2.24) is 10.9 Å². The van der Waals surface area contributed by atoms with Crippen LogP contribution in [0, 0.1) is 0 Å². The Morgan fingerprint density at radius 1 is 0.815 bits per heavy atom. The molecule has 0 unspecified atom stereocenters. The van der Waals surface area contributed by atoms with Crippen LogP contribution in [-0.2, 0) is 0 Å². The van der Waals surface area contributed by atoms with Crippen molar-refractivity contribution in [3.8, 4) is 16.9 Å². The molecule has 3 aromatic carbocycles. The number of carbonyl (C=O) groups excluding carboxylic acids is 2. The smallest absolute Gasteiger partial charge is 0.273 e. The van der Waals surface area contributed by atoms with Crippen LogP contribution in [0.25, 0.3) is 11.1 Å². The summed E-state index contributed by atoms with van der Waals surface area (Å²) in [5.74, 6) is -0.462. The maximum Gasteiger partial charge on any atom is 0.273 e. The molecule has 3 rings (SSSR count). The molecule has 3 aromatic rings. The Bertz CT molecular complexity index is 957. The van der Waals surface area contributed by atoms with E-state index in [0.29, 0.717) is 16.9 Å². The molecule has 0 fully saturated rings. The molecule has 136 valence electrons. The lowest BCUT2D eigenvalue weighted by Gasteiger charge is -2.11. The number of hydrazine groups is 1. The van der Waals surface area contributed by atoms with E-state index in [2.05, 4.69) is 26.8 Å². The van der Waals surface area contributed by atoms with E-state index >= 15 is 0 Å². The topological polar surface area (TPSA) is 67.4 Å². The van der Waals surface area contributed by atoms with E-state index in [9.17, 15) is 9.59 Å². The predicted octanol–water partition coefficient (Wildman–Crippen LogP) is 4.20. The zero-order valence-corrected chi connectivity index (χ0v) is 16.1. The molecule has 2 amide bonds. The molecule has 0 aliphatic heterocycles. The maximum absolute atomic E-state index is 12.3. The van der Waals surface area contributed by atoms with Gasteiger partial charge in [0.15, 0.2) is 0 Å². The molecule has 0 heterocycles. The van der Waals surface area contributed by atoms with Crippen LogP contribution in [0.5, 0.6) is 5.75 Å². The lowest BCUT2D eigenvalue weighted by atomic mass is 10.0. The van der Waals surface area contributed by atoms with Gasteiger partial charge in [0.05, 0.1) is 12.7 Å². The zero-order chi connectivity index (χ0) is 19.2. The third-order valence-corrected chi connectivity index (χ3v) is 4.44. The van der Waals surface area contributed by atoms with Gasteiger partial charge in [0.1, 0.15) is 5.75 Å². The molecule has 0 bridgehead atoms. The molecule has 0 spiro atoms. The summed E-state index contributed by atoms with van der Waals surface area (Å²) < 4.78 is 5.91. The van der Waals surface area contributed by atoms with Crippen LogP contribution in [0.15, 0.2) is 77.3 Å². The lowest BCUT2D eigenvalue weighted by molar-refractivity contribution is 0.0845. The number of halogens is 1. The molecular weight excluding hydrogens is 408 g/mol. The minimum absolute atomic E-state index is 0.312. The normalized spacial score (nSPS) is 10.1. The summed E-state index contributed by atoms with van der Waals surface area (Å²) in [5, 5.41) is 0. The van der Waals surface area contributed by atoms with Gasteiger partial charge in [-0.15, -0.1) is 0 Å². The highest BCUT2D eigenvalue weighted by atomic mass is 79.9. The molecular formula is C21H17BrN2O3. The maximum atomic E-state index is 12.3. The van der Waals surface area contributed by atoms with Gasteiger partial charge in [-0.2, -0.15) is 0 Å². The largest absolute Gasteiger partial charge is 0.496 e. The third kappa shape index (κ3) is 4.54. The highest BCUT2D eigenvalue weighted by molar-refractivity contribution is 9.10. The SMILES string of the molecule is COc1ccc(Br)cc1C(=O)NNC(=O)c1ccc(-c2ccccc2)cc1. The summed E-state index contributed by atoms with van der Waals surface area (Å²) in [6.07, 6.45) is 0. The third-order valence-electron chi connectivity index (χ3n) is 3.95. The number of rotatable bonds is 4. The average Bonchev–Trinajstić information content (AvgIpc) is 2.72. The molecule has 5 nitrogen and oxygen atoms in total. The van der Waals surface area contributed by atoms with Gasteiger partial charge in [-0.05, 0) is 41.5 Å². The first-order valence-corrected chi connectivity index (χ1v) is 8.97. The molecule has 2 N–H and O–H groups in total. The first-order valence-electron chi connectivity index (χ1n) is 8.18. The molecule has 0 aliphatic rings. The second-order valence-corrected chi connectivity index (χ2v) is 6.61. The van der Waals surface area contributed by atoms with E-state index < -0.39 is 11.8 Å². The second kappa shape index (κ2) is 8.51. The van der Waals surface area contributed by atoms with Crippen LogP contribution in [0.4, 0.5) is 0 Å². The van der Waals surface area contributed by atoms with Gasteiger partial charge in [0.2, 0.25) is 0 Å². The number of ether oxygens (including phenoxy) is 1. The van der Waals surface area contributed by atoms with Crippen molar-refractivity contribution in [3.05, 3.63) is 88.4 Å². The molecule has 0 atom stereocenters. The van der Waals surface area contributed by atoms with Crippen LogP contribution in [0.1, 0.15) is 20.7 Å². The summed E-state index contributed by atoms with van der Waals surface area (Å²) in [6.45, 7) is 0. The van der Waals surface area contributed by atoms with Crippen molar-refractivity contribution in [1.29, 1.82) is 0 Å². The number of benzene rings is 3. The Hall–Kier alpha value is -3.12. The van der Waals surface area contributed by atoms with Crippen molar-refractivity contribution in [3.63, 3.8) is 0 Å². The Morgan fingerprint density at radius 3 is 2.11 bits per heavy atom. The fourth-order valence-electron chi connectivity index (χ4n) is 2.56. The lowest BCUT2D eigenvalue weighted by Crippen LogP contribution is -2.41. The highest BCUT2D eigenvalue weighted by Gasteiger charge is 2.14. The number of nitrogens with one attached hydrogen (secondary N) is 2. The van der Waals surface area contributed by atoms with Gasteiger partial charge in [0, 0.05) is 10.0 Å². The van der Waals surface area contributed by atoms with Crippen LogP contribution >= 0.6 is 15.9 Å². The molecule has 0 radical (unpaired) electrons. The Kier molecular flexibility index (Phi) is 5.88. The fourth-order valence-corrected chi connectivity index (χ4v) is 2.92. The Morgan fingerprint density at radius 2 is 1.44 bits per heavy atom. The van der Waals surface area contributed by atoms with E-state index in [0.717, 1.165) is 15.6 Å². The summed E-state index contributed by atoms with van der Waals surface area (Å²) in [7, 11) is 1.48. The number of carbonyl (C=O) groups is 2. The summed E-state index contributed by atoms with van der Waals surface area (Å²) in [5.41, 5.74) is 7.65.